The molecule has 2 fully saturated rings. The fourth-order valence-corrected chi connectivity index (χ4v) is 8.10. The van der Waals surface area contributed by atoms with Crippen LogP contribution in [0.15, 0.2) is 24.3 Å². The lowest BCUT2D eigenvalue weighted by Gasteiger charge is -2.48. The molecular formula is C23H30O4P2. The van der Waals surface area contributed by atoms with Gasteiger partial charge in [0.25, 0.3) is 0 Å². The maximum absolute atomic E-state index is 6.39. The predicted molar refractivity (Wildman–Crippen MR) is 120 cm³/mol. The average Bonchev–Trinajstić information content (AvgIpc) is 2.60. The van der Waals surface area contributed by atoms with Gasteiger partial charge >= 0.3 is 8.60 Å². The first-order valence-corrected chi connectivity index (χ1v) is 12.8. The highest BCUT2D eigenvalue weighted by Gasteiger charge is 2.51. The molecule has 0 amide bonds. The van der Waals surface area contributed by atoms with Gasteiger partial charge in [0.15, 0.2) is 0 Å². The van der Waals surface area contributed by atoms with Crippen LogP contribution < -0.4 is 9.05 Å². The molecule has 156 valence electrons. The predicted octanol–water partition coefficient (Wildman–Crippen LogP) is 6.67. The van der Waals surface area contributed by atoms with Crippen LogP contribution in [0, 0.1) is 47.0 Å². The van der Waals surface area contributed by atoms with Crippen molar-refractivity contribution in [3.05, 3.63) is 57.6 Å². The van der Waals surface area contributed by atoms with Gasteiger partial charge in [-0.3, -0.25) is 0 Å². The van der Waals surface area contributed by atoms with Crippen molar-refractivity contribution < 1.29 is 18.1 Å². The van der Waals surface area contributed by atoms with Crippen LogP contribution in [0.2, 0.25) is 0 Å². The summed E-state index contributed by atoms with van der Waals surface area (Å²) in [7, 11) is -1.79. The Hall–Kier alpha value is -1.18. The number of benzene rings is 2. The third-order valence-corrected chi connectivity index (χ3v) is 9.07. The van der Waals surface area contributed by atoms with Crippen LogP contribution >= 0.6 is 16.8 Å². The molecule has 29 heavy (non-hydrogen) atoms. The largest absolute Gasteiger partial charge is 0.473 e. The number of hydrogen-bond acceptors (Lipinski definition) is 4. The zero-order valence-corrected chi connectivity index (χ0v) is 20.0. The Morgan fingerprint density at radius 3 is 1.55 bits per heavy atom. The smallest absolute Gasteiger partial charge is 0.397 e. The van der Waals surface area contributed by atoms with Crippen LogP contribution in [0.4, 0.5) is 0 Å². The van der Waals surface area contributed by atoms with Gasteiger partial charge in [-0.2, -0.15) is 0 Å². The number of rotatable bonds is 4. The van der Waals surface area contributed by atoms with E-state index in [0.717, 1.165) is 34.9 Å². The van der Waals surface area contributed by atoms with Gasteiger partial charge in [-0.05, 0) is 63.8 Å². The van der Waals surface area contributed by atoms with E-state index in [4.69, 9.17) is 18.1 Å². The molecule has 0 atom stereocenters. The minimum absolute atomic E-state index is 0.0950. The van der Waals surface area contributed by atoms with Crippen molar-refractivity contribution in [2.45, 2.75) is 41.5 Å². The van der Waals surface area contributed by atoms with Crippen LogP contribution in [-0.2, 0) is 9.05 Å². The van der Waals surface area contributed by atoms with E-state index in [1.54, 1.807) is 0 Å². The second-order valence-electron chi connectivity index (χ2n) is 8.71. The summed E-state index contributed by atoms with van der Waals surface area (Å²) in [5.41, 5.74) is 7.32. The number of hydrogen-bond donors (Lipinski definition) is 0. The summed E-state index contributed by atoms with van der Waals surface area (Å²) in [6.07, 6.45) is 2.06. The summed E-state index contributed by atoms with van der Waals surface area (Å²) in [4.78, 5) is 0. The molecule has 6 heteroatoms. The molecule has 0 bridgehead atoms. The molecule has 0 aromatic heterocycles. The summed E-state index contributed by atoms with van der Waals surface area (Å²) in [5, 5.41) is 0. The monoisotopic (exact) mass is 432 g/mol. The van der Waals surface area contributed by atoms with E-state index in [2.05, 4.69) is 65.8 Å². The van der Waals surface area contributed by atoms with Crippen LogP contribution in [-0.4, -0.2) is 25.5 Å². The third kappa shape index (κ3) is 4.47. The van der Waals surface area contributed by atoms with Gasteiger partial charge in [0.05, 0.1) is 21.4 Å². The minimum Gasteiger partial charge on any atom is -0.473 e. The molecule has 4 nitrogen and oxygen atoms in total. The van der Waals surface area contributed by atoms with Gasteiger partial charge in [0.2, 0.25) is 0 Å². The molecule has 0 unspecified atom stereocenters. The minimum atomic E-state index is -1.33. The van der Waals surface area contributed by atoms with Crippen molar-refractivity contribution in [3.63, 3.8) is 0 Å². The fourth-order valence-electron chi connectivity index (χ4n) is 4.29. The average molecular weight is 432 g/mol. The normalized spacial score (nSPS) is 26.3. The Bertz CT molecular complexity index is 865. The van der Waals surface area contributed by atoms with Gasteiger partial charge in [0, 0.05) is 17.7 Å². The lowest BCUT2D eigenvalue weighted by atomic mass is 9.95. The molecule has 2 heterocycles. The lowest BCUT2D eigenvalue weighted by molar-refractivity contribution is 0.0363. The summed E-state index contributed by atoms with van der Waals surface area (Å²) in [5.74, 6) is 1.95. The summed E-state index contributed by atoms with van der Waals surface area (Å²) >= 11 is 0. The standard InChI is InChI=1S/C23H30O4P2/c1-15-7-17(3)21(18(4)8-15)26-28-13-23(14-28)11-24-29(25-12-23)27-22-19(5)9-16(2)10-20(22)6/h7-10H,11-14H2,1-6H3. The van der Waals surface area contributed by atoms with Crippen molar-refractivity contribution in [2.24, 2.45) is 5.41 Å². The fraction of sp³-hybridized carbons (Fsp3) is 0.478. The molecule has 2 aromatic rings. The van der Waals surface area contributed by atoms with Crippen molar-refractivity contribution in [3.8, 4) is 11.5 Å². The van der Waals surface area contributed by atoms with E-state index in [0.29, 0.717) is 13.2 Å². The first-order valence-electron chi connectivity index (χ1n) is 10.1. The van der Waals surface area contributed by atoms with Crippen molar-refractivity contribution >= 4 is 16.8 Å². The Morgan fingerprint density at radius 1 is 0.690 bits per heavy atom. The molecule has 4 rings (SSSR count). The molecular weight excluding hydrogens is 402 g/mol. The summed E-state index contributed by atoms with van der Waals surface area (Å²) in [6.45, 7) is 14.0. The second-order valence-corrected chi connectivity index (χ2v) is 11.6. The first kappa shape index (κ1) is 21.1. The van der Waals surface area contributed by atoms with Gasteiger partial charge in [-0.15, -0.1) is 0 Å². The maximum Gasteiger partial charge on any atom is 0.397 e. The Morgan fingerprint density at radius 2 is 1.10 bits per heavy atom. The van der Waals surface area contributed by atoms with E-state index < -0.39 is 16.8 Å². The molecule has 0 radical (unpaired) electrons. The highest BCUT2D eigenvalue weighted by molar-refractivity contribution is 7.54. The highest BCUT2D eigenvalue weighted by Crippen LogP contribution is 2.62. The Balaban J connectivity index is 1.31. The van der Waals surface area contributed by atoms with Crippen molar-refractivity contribution in [1.82, 2.24) is 0 Å². The van der Waals surface area contributed by atoms with E-state index >= 15 is 0 Å². The molecule has 2 saturated heterocycles. The highest BCUT2D eigenvalue weighted by atomic mass is 31.2. The van der Waals surface area contributed by atoms with Gasteiger partial charge in [-0.1, -0.05) is 35.4 Å². The molecule has 2 aromatic carbocycles. The summed E-state index contributed by atoms with van der Waals surface area (Å²) < 4.78 is 24.5. The molecule has 2 aliphatic heterocycles. The van der Waals surface area contributed by atoms with Crippen LogP contribution in [0.3, 0.4) is 0 Å². The van der Waals surface area contributed by atoms with Crippen LogP contribution in [0.5, 0.6) is 11.5 Å². The van der Waals surface area contributed by atoms with E-state index in [-0.39, 0.29) is 5.41 Å². The molecule has 2 aliphatic rings. The Kier molecular flexibility index (Phi) is 5.93. The Labute approximate surface area is 176 Å². The zero-order chi connectivity index (χ0) is 20.8. The SMILES string of the molecule is Cc1cc(C)c(OP2CC3(COP(Oc4c(C)cc(C)cc4C)OC3)C2)c(C)c1. The van der Waals surface area contributed by atoms with Crippen molar-refractivity contribution in [2.75, 3.05) is 25.5 Å². The van der Waals surface area contributed by atoms with Crippen LogP contribution in [0.1, 0.15) is 33.4 Å². The maximum atomic E-state index is 6.39. The lowest BCUT2D eigenvalue weighted by Crippen LogP contribution is -2.48. The second kappa shape index (κ2) is 8.16. The summed E-state index contributed by atoms with van der Waals surface area (Å²) in [6, 6.07) is 8.66. The van der Waals surface area contributed by atoms with Gasteiger partial charge < -0.3 is 18.1 Å². The molecule has 0 N–H and O–H groups in total. The van der Waals surface area contributed by atoms with E-state index in [1.807, 2.05) is 0 Å². The molecule has 1 spiro atoms. The van der Waals surface area contributed by atoms with E-state index in [9.17, 15) is 0 Å². The van der Waals surface area contributed by atoms with Gasteiger partial charge in [-0.25, -0.2) is 0 Å². The van der Waals surface area contributed by atoms with Crippen molar-refractivity contribution in [1.29, 1.82) is 0 Å². The van der Waals surface area contributed by atoms with E-state index in [1.165, 1.54) is 22.3 Å². The quantitative estimate of drug-likeness (QED) is 0.506. The van der Waals surface area contributed by atoms with Crippen LogP contribution in [0.25, 0.3) is 0 Å². The van der Waals surface area contributed by atoms with Gasteiger partial charge in [0.1, 0.15) is 11.5 Å². The third-order valence-electron chi connectivity index (χ3n) is 5.57. The number of aryl methyl sites for hydroxylation is 6. The first-order chi connectivity index (χ1) is 13.7. The zero-order valence-electron chi connectivity index (χ0n) is 18.2. The topological polar surface area (TPSA) is 36.9 Å². The molecule has 0 aliphatic carbocycles. The molecule has 0 saturated carbocycles.